The molecule has 0 aliphatic carbocycles. The number of hydrogen-bond acceptors (Lipinski definition) is 4. The first-order chi connectivity index (χ1) is 5.68. The third-order valence-electron chi connectivity index (χ3n) is 1.11. The van der Waals surface area contributed by atoms with E-state index in [1.165, 1.54) is 12.8 Å². The smallest absolute Gasteiger partial charge is 0.000383 e. The maximum atomic E-state index is 4.13. The highest BCUT2D eigenvalue weighted by atomic mass is 32.1. The van der Waals surface area contributed by atoms with Gasteiger partial charge in [-0.1, -0.05) is 6.92 Å². The van der Waals surface area contributed by atoms with Crippen molar-refractivity contribution in [3.05, 3.63) is 0 Å². The first-order valence-electron chi connectivity index (χ1n) is 4.19. The first-order valence-corrected chi connectivity index (χ1v) is 6.61. The maximum Gasteiger partial charge on any atom is -0.000383 e. The largest absolute Gasteiger partial charge is 0.179 e. The molecule has 0 aromatic heterocycles. The summed E-state index contributed by atoms with van der Waals surface area (Å²) in [5.41, 5.74) is 0. The van der Waals surface area contributed by atoms with Gasteiger partial charge in [0.2, 0.25) is 0 Å². The second kappa shape index (κ2) is 14.9. The molecule has 12 heavy (non-hydrogen) atoms. The second-order valence-electron chi connectivity index (χ2n) is 2.52. The van der Waals surface area contributed by atoms with Crippen LogP contribution in [0.25, 0.3) is 0 Å². The van der Waals surface area contributed by atoms with Crippen molar-refractivity contribution in [1.29, 1.82) is 0 Å². The molecular weight excluding hydrogens is 224 g/mol. The number of thiol groups is 4. The van der Waals surface area contributed by atoms with Gasteiger partial charge in [0.1, 0.15) is 0 Å². The number of rotatable bonds is 5. The molecule has 0 spiro atoms. The van der Waals surface area contributed by atoms with Gasteiger partial charge in [-0.2, -0.15) is 50.5 Å². The van der Waals surface area contributed by atoms with Gasteiger partial charge in [-0.15, -0.1) is 0 Å². The monoisotopic (exact) mass is 244 g/mol. The van der Waals surface area contributed by atoms with E-state index in [0.717, 1.165) is 23.7 Å². The fraction of sp³-hybridized carbons (Fsp3) is 1.00. The van der Waals surface area contributed by atoms with Crippen LogP contribution < -0.4 is 0 Å². The van der Waals surface area contributed by atoms with Gasteiger partial charge in [0.25, 0.3) is 0 Å². The van der Waals surface area contributed by atoms with Crippen LogP contribution in [0.4, 0.5) is 0 Å². The van der Waals surface area contributed by atoms with Gasteiger partial charge in [-0.25, -0.2) is 0 Å². The minimum Gasteiger partial charge on any atom is -0.179 e. The highest BCUT2D eigenvalue weighted by molar-refractivity contribution is 7.81. The summed E-state index contributed by atoms with van der Waals surface area (Å²) in [6, 6.07) is 0. The van der Waals surface area contributed by atoms with Crippen molar-refractivity contribution in [2.75, 3.05) is 17.3 Å². The minimum atomic E-state index is 0.516. The van der Waals surface area contributed by atoms with Crippen LogP contribution in [0, 0.1) is 0 Å². The van der Waals surface area contributed by atoms with Gasteiger partial charge < -0.3 is 0 Å². The molecule has 0 radical (unpaired) electrons. The Labute approximate surface area is 98.9 Å². The molecular formula is C8H20S4. The van der Waals surface area contributed by atoms with Gasteiger partial charge in [-0.3, -0.25) is 0 Å². The Morgan fingerprint density at radius 2 is 1.33 bits per heavy atom. The standard InChI is InChI=1S/2C4H10S2/c1-4(6)2-3-5;5-3-1-2-4-6/h4-6H,2-3H2,1H3;5-6H,1-4H2. The SMILES string of the molecule is CC(S)CCS.SCCCCS. The Bertz CT molecular complexity index is 62.1. The Balaban J connectivity index is 0. The zero-order chi connectivity index (χ0) is 9.82. The fourth-order valence-corrected chi connectivity index (χ4v) is 1.58. The Morgan fingerprint density at radius 3 is 1.42 bits per heavy atom. The van der Waals surface area contributed by atoms with E-state index < -0.39 is 0 Å². The van der Waals surface area contributed by atoms with E-state index in [2.05, 4.69) is 57.4 Å². The normalized spacial score (nSPS) is 11.8. The van der Waals surface area contributed by atoms with Crippen molar-refractivity contribution < 1.29 is 0 Å². The Kier molecular flexibility index (Phi) is 19.7. The molecule has 0 saturated carbocycles. The van der Waals surface area contributed by atoms with E-state index >= 15 is 0 Å². The predicted molar refractivity (Wildman–Crippen MR) is 73.9 cm³/mol. The molecule has 0 aliphatic heterocycles. The molecule has 0 fully saturated rings. The highest BCUT2D eigenvalue weighted by Gasteiger charge is 1.87. The van der Waals surface area contributed by atoms with Crippen LogP contribution in [0.1, 0.15) is 26.2 Å². The molecule has 0 aliphatic rings. The summed E-state index contributed by atoms with van der Waals surface area (Å²) in [6.45, 7) is 2.07. The molecule has 1 atom stereocenters. The van der Waals surface area contributed by atoms with Crippen LogP contribution in [0.3, 0.4) is 0 Å². The number of unbranched alkanes of at least 4 members (excludes halogenated alkanes) is 1. The summed E-state index contributed by atoms with van der Waals surface area (Å²) in [4.78, 5) is 0. The zero-order valence-electron chi connectivity index (χ0n) is 7.61. The molecule has 0 aromatic carbocycles. The lowest BCUT2D eigenvalue weighted by Crippen LogP contribution is -1.89. The number of hydrogen-bond donors (Lipinski definition) is 4. The first kappa shape index (κ1) is 15.9. The van der Waals surface area contributed by atoms with E-state index in [4.69, 9.17) is 0 Å². The zero-order valence-corrected chi connectivity index (χ0v) is 11.2. The lowest BCUT2D eigenvalue weighted by molar-refractivity contribution is 0.912. The van der Waals surface area contributed by atoms with Gasteiger partial charge in [0.05, 0.1) is 0 Å². The highest BCUT2D eigenvalue weighted by Crippen LogP contribution is 1.98. The van der Waals surface area contributed by atoms with Crippen molar-refractivity contribution in [1.82, 2.24) is 0 Å². The third-order valence-corrected chi connectivity index (χ3v) is 2.26. The second-order valence-corrected chi connectivity index (χ2v) is 4.74. The van der Waals surface area contributed by atoms with Crippen molar-refractivity contribution in [2.45, 2.75) is 31.4 Å². The average Bonchev–Trinajstić information content (AvgIpc) is 2.02. The topological polar surface area (TPSA) is 0 Å². The summed E-state index contributed by atoms with van der Waals surface area (Å²) in [5.74, 6) is 2.95. The molecule has 0 nitrogen and oxygen atoms in total. The van der Waals surface area contributed by atoms with Crippen LogP contribution in [0.15, 0.2) is 0 Å². The Morgan fingerprint density at radius 1 is 0.917 bits per heavy atom. The molecule has 0 aromatic rings. The lowest BCUT2D eigenvalue weighted by atomic mass is 10.4. The van der Waals surface area contributed by atoms with Crippen LogP contribution in [-0.2, 0) is 0 Å². The molecule has 0 N–H and O–H groups in total. The summed E-state index contributed by atoms with van der Waals surface area (Å²) < 4.78 is 0. The van der Waals surface area contributed by atoms with Crippen LogP contribution in [0.2, 0.25) is 0 Å². The molecule has 1 unspecified atom stereocenters. The van der Waals surface area contributed by atoms with Gasteiger partial charge in [-0.05, 0) is 41.8 Å². The predicted octanol–water partition coefficient (Wildman–Crippen LogP) is 3.25. The molecule has 0 amide bonds. The summed E-state index contributed by atoms with van der Waals surface area (Å²) >= 11 is 16.2. The Hall–Kier alpha value is 1.40. The van der Waals surface area contributed by atoms with Gasteiger partial charge >= 0.3 is 0 Å². The van der Waals surface area contributed by atoms with E-state index in [1.807, 2.05) is 0 Å². The average molecular weight is 245 g/mol. The molecule has 0 bridgehead atoms. The lowest BCUT2D eigenvalue weighted by Gasteiger charge is -1.94. The van der Waals surface area contributed by atoms with E-state index in [9.17, 15) is 0 Å². The van der Waals surface area contributed by atoms with Crippen molar-refractivity contribution in [3.63, 3.8) is 0 Å². The van der Waals surface area contributed by atoms with Crippen molar-refractivity contribution >= 4 is 50.5 Å². The quantitative estimate of drug-likeness (QED) is 0.414. The third kappa shape index (κ3) is 22.5. The summed E-state index contributed by atoms with van der Waals surface area (Å²) in [7, 11) is 0. The maximum absolute atomic E-state index is 4.13. The van der Waals surface area contributed by atoms with Gasteiger partial charge in [0, 0.05) is 0 Å². The molecule has 4 heteroatoms. The molecule has 76 valence electrons. The van der Waals surface area contributed by atoms with E-state index in [1.54, 1.807) is 0 Å². The van der Waals surface area contributed by atoms with E-state index in [-0.39, 0.29) is 0 Å². The summed E-state index contributed by atoms with van der Waals surface area (Å²) in [5, 5.41) is 0.516. The van der Waals surface area contributed by atoms with Crippen molar-refractivity contribution in [2.24, 2.45) is 0 Å². The van der Waals surface area contributed by atoms with Crippen LogP contribution >= 0.6 is 50.5 Å². The fourth-order valence-electron chi connectivity index (χ4n) is 0.410. The van der Waals surface area contributed by atoms with Crippen LogP contribution in [0.5, 0.6) is 0 Å². The summed E-state index contributed by atoms with van der Waals surface area (Å²) in [6.07, 6.45) is 3.51. The minimum absolute atomic E-state index is 0.516. The molecule has 0 rings (SSSR count). The molecule has 0 saturated heterocycles. The molecule has 0 heterocycles. The van der Waals surface area contributed by atoms with Crippen molar-refractivity contribution in [3.8, 4) is 0 Å². The van der Waals surface area contributed by atoms with Crippen LogP contribution in [-0.4, -0.2) is 22.5 Å². The van der Waals surface area contributed by atoms with E-state index in [0.29, 0.717) is 5.25 Å². The van der Waals surface area contributed by atoms with Gasteiger partial charge in [0.15, 0.2) is 0 Å².